The Balaban J connectivity index is 1.48. The number of allylic oxidation sites excluding steroid dienone is 3. The average molecular weight is 597 g/mol. The van der Waals surface area contributed by atoms with Gasteiger partial charge in [-0.3, -0.25) is 4.79 Å². The van der Waals surface area contributed by atoms with E-state index in [1.807, 2.05) is 12.1 Å². The molecule has 0 radical (unpaired) electrons. The molecule has 0 unspecified atom stereocenters. The van der Waals surface area contributed by atoms with Gasteiger partial charge in [-0.25, -0.2) is 13.1 Å². The van der Waals surface area contributed by atoms with Crippen LogP contribution in [0.15, 0.2) is 61.2 Å². The van der Waals surface area contributed by atoms with Gasteiger partial charge in [-0.05, 0) is 98.2 Å². The van der Waals surface area contributed by atoms with Crippen LogP contribution in [-0.2, 0) is 21.9 Å². The third-order valence-electron chi connectivity index (χ3n) is 8.91. The smallest absolute Gasteiger partial charge is 0.264 e. The molecule has 1 N–H and O–H groups in total. The molecule has 2 aromatic rings. The fourth-order valence-corrected chi connectivity index (χ4v) is 7.71. The van der Waals surface area contributed by atoms with E-state index in [4.69, 9.17) is 16.3 Å². The van der Waals surface area contributed by atoms with Gasteiger partial charge in [0.05, 0.1) is 18.0 Å². The fraction of sp³-hybridized carbons (Fsp3) is 0.485. The highest BCUT2D eigenvalue weighted by molar-refractivity contribution is 7.90. The lowest BCUT2D eigenvalue weighted by Gasteiger charge is -2.44. The number of rotatable bonds is 10. The third kappa shape index (κ3) is 6.67. The number of fused-ring (bicyclic) bond motifs is 3. The van der Waals surface area contributed by atoms with Crippen LogP contribution < -0.4 is 14.4 Å². The highest BCUT2D eigenvalue weighted by Crippen LogP contribution is 2.46. The van der Waals surface area contributed by atoms with Crippen LogP contribution in [0.25, 0.3) is 0 Å². The molecule has 0 aromatic heterocycles. The lowest BCUT2D eigenvalue weighted by molar-refractivity contribution is 0.0981. The summed E-state index contributed by atoms with van der Waals surface area (Å²) in [5, 5.41) is 0.755. The number of amides is 1. The van der Waals surface area contributed by atoms with Gasteiger partial charge in [-0.15, -0.1) is 6.58 Å². The Hall–Kier alpha value is -2.77. The third-order valence-corrected chi connectivity index (χ3v) is 10.4. The van der Waals surface area contributed by atoms with Crippen molar-refractivity contribution in [1.82, 2.24) is 4.72 Å². The summed E-state index contributed by atoms with van der Waals surface area (Å²) in [5.41, 5.74) is 3.53. The number of ether oxygens (including phenoxy) is 1. The standard InChI is InChI=1S/C33H41ClN2O4S/c1-3-5-7-9-24-11-12-27(24)21-36-22-33(17-8-10-25-19-28(34)14-15-29(25)33)23-40-31-16-13-26(20-30(31)36)32(37)35-41(38,39)18-6-4-2/h4,7,9,13-16,19-20,24,27H,2-3,5-6,8,10-12,17-18,21-23H2,1H3,(H,35,37)/b9-7+/t24-,27+,33-/m0/s1. The Kier molecular flexibility index (Phi) is 9.15. The summed E-state index contributed by atoms with van der Waals surface area (Å²) in [7, 11) is -3.76. The number of unbranched alkanes of at least 4 members (excludes halogenated alkanes) is 1. The van der Waals surface area contributed by atoms with Crippen molar-refractivity contribution in [3.8, 4) is 5.75 Å². The quantitative estimate of drug-likeness (QED) is 0.304. The lowest BCUT2D eigenvalue weighted by atomic mass is 9.69. The highest BCUT2D eigenvalue weighted by atomic mass is 35.5. The number of carbonyl (C=O) groups excluding carboxylic acids is 1. The van der Waals surface area contributed by atoms with Crippen LogP contribution in [-0.4, -0.2) is 39.8 Å². The summed E-state index contributed by atoms with van der Waals surface area (Å²) in [6.07, 6.45) is 14.2. The second-order valence-electron chi connectivity index (χ2n) is 11.8. The number of nitrogens with one attached hydrogen (secondary N) is 1. The molecule has 8 heteroatoms. The number of aryl methyl sites for hydroxylation is 1. The number of nitrogens with zero attached hydrogens (tertiary/aromatic N) is 1. The average Bonchev–Trinajstić information content (AvgIpc) is 3.09. The van der Waals surface area contributed by atoms with Gasteiger partial charge in [0.25, 0.3) is 5.91 Å². The van der Waals surface area contributed by atoms with Gasteiger partial charge in [0, 0.05) is 29.1 Å². The van der Waals surface area contributed by atoms with E-state index in [0.29, 0.717) is 24.0 Å². The number of carbonyl (C=O) groups is 1. The van der Waals surface area contributed by atoms with Crippen LogP contribution in [0.3, 0.4) is 0 Å². The zero-order valence-electron chi connectivity index (χ0n) is 23.9. The summed E-state index contributed by atoms with van der Waals surface area (Å²) in [6, 6.07) is 11.5. The van der Waals surface area contributed by atoms with E-state index >= 15 is 0 Å². The van der Waals surface area contributed by atoms with Crippen molar-refractivity contribution in [3.05, 3.63) is 82.9 Å². The van der Waals surface area contributed by atoms with Crippen molar-refractivity contribution in [2.75, 3.05) is 30.3 Å². The minimum atomic E-state index is -3.76. The fourth-order valence-electron chi connectivity index (χ4n) is 6.54. The highest BCUT2D eigenvalue weighted by Gasteiger charge is 2.43. The Labute approximate surface area is 249 Å². The number of benzene rings is 2. The molecular formula is C33H41ClN2O4S. The molecule has 1 fully saturated rings. The van der Waals surface area contributed by atoms with E-state index in [0.717, 1.165) is 68.1 Å². The first-order valence-electron chi connectivity index (χ1n) is 14.9. The maximum atomic E-state index is 13.1. The Morgan fingerprint density at radius 1 is 1.22 bits per heavy atom. The van der Waals surface area contributed by atoms with Gasteiger partial charge >= 0.3 is 0 Å². The zero-order valence-corrected chi connectivity index (χ0v) is 25.5. The summed E-state index contributed by atoms with van der Waals surface area (Å²) in [6.45, 7) is 7.93. The predicted molar refractivity (Wildman–Crippen MR) is 167 cm³/mol. The maximum Gasteiger partial charge on any atom is 0.264 e. The van der Waals surface area contributed by atoms with E-state index < -0.39 is 15.9 Å². The normalized spacial score (nSPS) is 23.7. The van der Waals surface area contributed by atoms with Gasteiger partial charge in [-0.1, -0.05) is 49.2 Å². The molecule has 0 bridgehead atoms. The molecule has 1 heterocycles. The number of halogens is 1. The Bertz CT molecular complexity index is 1420. The summed E-state index contributed by atoms with van der Waals surface area (Å²) in [5.74, 6) is 0.979. The SMILES string of the molecule is C=CCCS(=O)(=O)NC(=O)c1ccc2c(c1)N(C[C@H]1CC[C@@H]1/C=C/CCC)C[C@@]1(CCCc3cc(Cl)ccc31)CO2. The van der Waals surface area contributed by atoms with E-state index in [1.54, 1.807) is 12.1 Å². The molecule has 1 spiro atoms. The summed E-state index contributed by atoms with van der Waals surface area (Å²) in [4.78, 5) is 15.5. The molecule has 41 heavy (non-hydrogen) atoms. The van der Waals surface area contributed by atoms with Gasteiger partial charge in [-0.2, -0.15) is 0 Å². The van der Waals surface area contributed by atoms with Crippen molar-refractivity contribution in [1.29, 1.82) is 0 Å². The second kappa shape index (κ2) is 12.6. The Morgan fingerprint density at radius 2 is 2.07 bits per heavy atom. The molecule has 2 aliphatic carbocycles. The van der Waals surface area contributed by atoms with Crippen molar-refractivity contribution >= 4 is 33.2 Å². The van der Waals surface area contributed by atoms with E-state index in [9.17, 15) is 13.2 Å². The molecular weight excluding hydrogens is 556 g/mol. The van der Waals surface area contributed by atoms with E-state index in [2.05, 4.69) is 47.4 Å². The number of hydrogen-bond acceptors (Lipinski definition) is 5. The summed E-state index contributed by atoms with van der Waals surface area (Å²) < 4.78 is 33.6. The Morgan fingerprint density at radius 3 is 2.83 bits per heavy atom. The molecule has 2 aromatic carbocycles. The monoisotopic (exact) mass is 596 g/mol. The molecule has 1 saturated carbocycles. The first kappa shape index (κ1) is 29.7. The van der Waals surface area contributed by atoms with Gasteiger partial charge in [0.2, 0.25) is 10.0 Å². The molecule has 3 aliphatic rings. The van der Waals surface area contributed by atoms with Crippen molar-refractivity contribution < 1.29 is 17.9 Å². The van der Waals surface area contributed by atoms with Crippen LogP contribution in [0.1, 0.15) is 73.4 Å². The topological polar surface area (TPSA) is 75.7 Å². The molecule has 220 valence electrons. The minimum Gasteiger partial charge on any atom is -0.490 e. The maximum absolute atomic E-state index is 13.1. The summed E-state index contributed by atoms with van der Waals surface area (Å²) >= 11 is 6.39. The second-order valence-corrected chi connectivity index (χ2v) is 14.1. The van der Waals surface area contributed by atoms with Crippen LogP contribution in [0.2, 0.25) is 5.02 Å². The van der Waals surface area contributed by atoms with Crippen LogP contribution in [0, 0.1) is 11.8 Å². The van der Waals surface area contributed by atoms with Crippen LogP contribution in [0.5, 0.6) is 5.75 Å². The van der Waals surface area contributed by atoms with Crippen LogP contribution in [0.4, 0.5) is 5.69 Å². The van der Waals surface area contributed by atoms with Crippen molar-refractivity contribution in [3.63, 3.8) is 0 Å². The van der Waals surface area contributed by atoms with Gasteiger partial charge in [0.15, 0.2) is 0 Å². The molecule has 1 amide bonds. The van der Waals surface area contributed by atoms with Crippen molar-refractivity contribution in [2.24, 2.45) is 11.8 Å². The van der Waals surface area contributed by atoms with Crippen LogP contribution >= 0.6 is 11.6 Å². The van der Waals surface area contributed by atoms with Gasteiger partial charge in [0.1, 0.15) is 5.75 Å². The first-order chi connectivity index (χ1) is 19.7. The van der Waals surface area contributed by atoms with Crippen molar-refractivity contribution in [2.45, 2.75) is 63.7 Å². The number of sulfonamides is 1. The largest absolute Gasteiger partial charge is 0.490 e. The zero-order chi connectivity index (χ0) is 29.0. The van der Waals surface area contributed by atoms with E-state index in [1.165, 1.54) is 23.6 Å². The number of anilines is 1. The molecule has 5 rings (SSSR count). The molecule has 0 saturated heterocycles. The molecule has 1 aliphatic heterocycles. The molecule has 3 atom stereocenters. The van der Waals surface area contributed by atoms with Gasteiger partial charge < -0.3 is 9.64 Å². The van der Waals surface area contributed by atoms with E-state index in [-0.39, 0.29) is 17.6 Å². The number of hydrogen-bond donors (Lipinski definition) is 1. The molecule has 6 nitrogen and oxygen atoms in total. The predicted octanol–water partition coefficient (Wildman–Crippen LogP) is 6.83. The first-order valence-corrected chi connectivity index (χ1v) is 16.9. The minimum absolute atomic E-state index is 0.178. The lowest BCUT2D eigenvalue weighted by Crippen LogP contribution is -2.48.